The highest BCUT2D eigenvalue weighted by atomic mass is 127. The lowest BCUT2D eigenvalue weighted by molar-refractivity contribution is 0.479. The standard InChI is InChI=1S/C14H15IN2O/c1-2-8-16-14-10-11(7-9-17-14)18-13-6-4-3-5-12(13)15/h3-7,9-10H,2,8H2,1H3,(H,16,17). The fourth-order valence-corrected chi connectivity index (χ4v) is 1.98. The monoisotopic (exact) mass is 354 g/mol. The number of para-hydroxylation sites is 1. The molecular formula is C14H15IN2O. The number of nitrogens with zero attached hydrogens (tertiary/aromatic N) is 1. The van der Waals surface area contributed by atoms with Crippen LogP contribution in [-0.4, -0.2) is 11.5 Å². The first-order chi connectivity index (χ1) is 8.79. The zero-order valence-corrected chi connectivity index (χ0v) is 12.3. The molecule has 1 aromatic carbocycles. The second-order valence-corrected chi connectivity index (χ2v) is 5.00. The molecule has 0 fully saturated rings. The summed E-state index contributed by atoms with van der Waals surface area (Å²) in [7, 11) is 0. The van der Waals surface area contributed by atoms with E-state index in [1.807, 2.05) is 36.4 Å². The van der Waals surface area contributed by atoms with Gasteiger partial charge < -0.3 is 10.1 Å². The summed E-state index contributed by atoms with van der Waals surface area (Å²) in [4.78, 5) is 4.25. The van der Waals surface area contributed by atoms with Gasteiger partial charge in [-0.2, -0.15) is 0 Å². The van der Waals surface area contributed by atoms with Gasteiger partial charge in [0, 0.05) is 18.8 Å². The second-order valence-electron chi connectivity index (χ2n) is 3.84. The molecule has 1 N–H and O–H groups in total. The average molecular weight is 354 g/mol. The summed E-state index contributed by atoms with van der Waals surface area (Å²) in [5, 5.41) is 3.24. The molecular weight excluding hydrogens is 339 g/mol. The van der Waals surface area contributed by atoms with E-state index in [0.717, 1.165) is 33.9 Å². The van der Waals surface area contributed by atoms with Crippen LogP contribution < -0.4 is 10.1 Å². The first kappa shape index (κ1) is 13.1. The third-order valence-electron chi connectivity index (χ3n) is 2.35. The van der Waals surface area contributed by atoms with Crippen LogP contribution in [0, 0.1) is 3.57 Å². The van der Waals surface area contributed by atoms with Crippen molar-refractivity contribution in [3.05, 3.63) is 46.2 Å². The van der Waals surface area contributed by atoms with E-state index >= 15 is 0 Å². The molecule has 0 saturated carbocycles. The van der Waals surface area contributed by atoms with Crippen molar-refractivity contribution in [2.75, 3.05) is 11.9 Å². The van der Waals surface area contributed by atoms with Crippen LogP contribution in [0.4, 0.5) is 5.82 Å². The molecule has 0 unspecified atom stereocenters. The second kappa shape index (κ2) is 6.58. The van der Waals surface area contributed by atoms with E-state index in [1.165, 1.54) is 0 Å². The number of nitrogens with one attached hydrogen (secondary N) is 1. The Kier molecular flexibility index (Phi) is 4.81. The molecule has 0 bridgehead atoms. The molecule has 0 atom stereocenters. The van der Waals surface area contributed by atoms with Crippen LogP contribution in [0.2, 0.25) is 0 Å². The number of benzene rings is 1. The smallest absolute Gasteiger partial charge is 0.140 e. The van der Waals surface area contributed by atoms with Crippen LogP contribution in [0.15, 0.2) is 42.6 Å². The van der Waals surface area contributed by atoms with Crippen LogP contribution in [0.1, 0.15) is 13.3 Å². The Bertz CT molecular complexity index is 517. The minimum atomic E-state index is 0.799. The molecule has 3 nitrogen and oxygen atoms in total. The van der Waals surface area contributed by atoms with Gasteiger partial charge in [-0.25, -0.2) is 4.98 Å². The lowest BCUT2D eigenvalue weighted by Crippen LogP contribution is -2.01. The minimum absolute atomic E-state index is 0.799. The Morgan fingerprint density at radius 3 is 2.89 bits per heavy atom. The summed E-state index contributed by atoms with van der Waals surface area (Å²) in [6.07, 6.45) is 2.83. The van der Waals surface area contributed by atoms with E-state index in [-0.39, 0.29) is 0 Å². The molecule has 2 aromatic rings. The van der Waals surface area contributed by atoms with Crippen molar-refractivity contribution < 1.29 is 4.74 Å². The zero-order valence-electron chi connectivity index (χ0n) is 10.2. The number of aromatic nitrogens is 1. The van der Waals surface area contributed by atoms with Gasteiger partial charge in [0.25, 0.3) is 0 Å². The SMILES string of the molecule is CCCNc1cc(Oc2ccccc2I)ccn1. The van der Waals surface area contributed by atoms with Crippen molar-refractivity contribution in [3.63, 3.8) is 0 Å². The van der Waals surface area contributed by atoms with Crippen LogP contribution in [-0.2, 0) is 0 Å². The van der Waals surface area contributed by atoms with Crippen LogP contribution >= 0.6 is 22.6 Å². The quantitative estimate of drug-likeness (QED) is 0.813. The van der Waals surface area contributed by atoms with E-state index in [1.54, 1.807) is 6.20 Å². The maximum Gasteiger partial charge on any atom is 0.140 e. The van der Waals surface area contributed by atoms with Gasteiger partial charge in [0.05, 0.1) is 3.57 Å². The fraction of sp³-hybridized carbons (Fsp3) is 0.214. The van der Waals surface area contributed by atoms with Gasteiger partial charge in [-0.05, 0) is 47.2 Å². The maximum absolute atomic E-state index is 5.84. The lowest BCUT2D eigenvalue weighted by Gasteiger charge is -2.09. The zero-order chi connectivity index (χ0) is 12.8. The van der Waals surface area contributed by atoms with Crippen LogP contribution in [0.3, 0.4) is 0 Å². The number of rotatable bonds is 5. The Hall–Kier alpha value is -1.30. The van der Waals surface area contributed by atoms with Crippen molar-refractivity contribution in [2.45, 2.75) is 13.3 Å². The van der Waals surface area contributed by atoms with Gasteiger partial charge in [0.15, 0.2) is 0 Å². The third-order valence-corrected chi connectivity index (χ3v) is 3.24. The minimum Gasteiger partial charge on any atom is -0.456 e. The molecule has 0 amide bonds. The highest BCUT2D eigenvalue weighted by Gasteiger charge is 2.02. The van der Waals surface area contributed by atoms with Crippen molar-refractivity contribution in [1.29, 1.82) is 0 Å². The summed E-state index contributed by atoms with van der Waals surface area (Å²) < 4.78 is 6.93. The van der Waals surface area contributed by atoms with E-state index in [4.69, 9.17) is 4.74 Å². The molecule has 0 spiro atoms. The number of pyridine rings is 1. The summed E-state index contributed by atoms with van der Waals surface area (Å²) in [6.45, 7) is 3.04. The molecule has 0 aliphatic heterocycles. The first-order valence-electron chi connectivity index (χ1n) is 5.92. The van der Waals surface area contributed by atoms with E-state index in [0.29, 0.717) is 0 Å². The summed E-state index contributed by atoms with van der Waals surface area (Å²) in [5.41, 5.74) is 0. The van der Waals surface area contributed by atoms with Gasteiger partial charge >= 0.3 is 0 Å². The van der Waals surface area contributed by atoms with Crippen molar-refractivity contribution >= 4 is 28.4 Å². The predicted molar refractivity (Wildman–Crippen MR) is 82.3 cm³/mol. The predicted octanol–water partition coefficient (Wildman–Crippen LogP) is 4.30. The third kappa shape index (κ3) is 3.60. The largest absolute Gasteiger partial charge is 0.456 e. The molecule has 0 aliphatic carbocycles. The summed E-state index contributed by atoms with van der Waals surface area (Å²) >= 11 is 2.26. The average Bonchev–Trinajstić information content (AvgIpc) is 2.40. The highest BCUT2D eigenvalue weighted by molar-refractivity contribution is 14.1. The number of anilines is 1. The number of ether oxygens (including phenoxy) is 1. The maximum atomic E-state index is 5.84. The van der Waals surface area contributed by atoms with E-state index in [2.05, 4.69) is 39.8 Å². The summed E-state index contributed by atoms with van der Waals surface area (Å²) in [6, 6.07) is 11.7. The lowest BCUT2D eigenvalue weighted by atomic mass is 10.3. The van der Waals surface area contributed by atoms with E-state index < -0.39 is 0 Å². The normalized spacial score (nSPS) is 10.1. The van der Waals surface area contributed by atoms with Gasteiger partial charge in [-0.3, -0.25) is 0 Å². The molecule has 1 heterocycles. The Morgan fingerprint density at radius 2 is 2.11 bits per heavy atom. The summed E-state index contributed by atoms with van der Waals surface area (Å²) in [5.74, 6) is 2.51. The number of hydrogen-bond acceptors (Lipinski definition) is 3. The molecule has 2 rings (SSSR count). The molecule has 18 heavy (non-hydrogen) atoms. The van der Waals surface area contributed by atoms with Crippen LogP contribution in [0.25, 0.3) is 0 Å². The molecule has 4 heteroatoms. The molecule has 1 aromatic heterocycles. The molecule has 0 radical (unpaired) electrons. The first-order valence-corrected chi connectivity index (χ1v) is 7.00. The number of hydrogen-bond donors (Lipinski definition) is 1. The molecule has 0 aliphatic rings. The fourth-order valence-electron chi connectivity index (χ4n) is 1.48. The van der Waals surface area contributed by atoms with Crippen LogP contribution in [0.5, 0.6) is 11.5 Å². The van der Waals surface area contributed by atoms with Gasteiger partial charge in [-0.1, -0.05) is 19.1 Å². The Morgan fingerprint density at radius 1 is 1.28 bits per heavy atom. The molecule has 0 saturated heterocycles. The topological polar surface area (TPSA) is 34.1 Å². The number of halogens is 1. The Balaban J connectivity index is 2.12. The van der Waals surface area contributed by atoms with Crippen molar-refractivity contribution in [2.24, 2.45) is 0 Å². The van der Waals surface area contributed by atoms with Gasteiger partial charge in [0.2, 0.25) is 0 Å². The molecule has 94 valence electrons. The van der Waals surface area contributed by atoms with Gasteiger partial charge in [0.1, 0.15) is 17.3 Å². The van der Waals surface area contributed by atoms with Crippen molar-refractivity contribution in [3.8, 4) is 11.5 Å². The van der Waals surface area contributed by atoms with Gasteiger partial charge in [-0.15, -0.1) is 0 Å². The Labute approximate surface area is 121 Å². The highest BCUT2D eigenvalue weighted by Crippen LogP contribution is 2.27. The van der Waals surface area contributed by atoms with E-state index in [9.17, 15) is 0 Å². The van der Waals surface area contributed by atoms with Crippen molar-refractivity contribution in [1.82, 2.24) is 4.98 Å².